The van der Waals surface area contributed by atoms with Crippen molar-refractivity contribution in [3.8, 4) is 0 Å². The van der Waals surface area contributed by atoms with Crippen molar-refractivity contribution in [1.29, 1.82) is 0 Å². The summed E-state index contributed by atoms with van der Waals surface area (Å²) < 4.78 is 1.79. The molecule has 0 saturated carbocycles. The summed E-state index contributed by atoms with van der Waals surface area (Å²) in [5.74, 6) is 0. The Balaban J connectivity index is 1.54. The predicted molar refractivity (Wildman–Crippen MR) is 203 cm³/mol. The van der Waals surface area contributed by atoms with Crippen molar-refractivity contribution in [3.63, 3.8) is 0 Å². The number of hydrogen-bond donors (Lipinski definition) is 1. The first-order chi connectivity index (χ1) is 23.6. The number of hydrogen-bond acceptors (Lipinski definition) is 4. The molecule has 0 fully saturated rings. The fourth-order valence-corrected chi connectivity index (χ4v) is 8.19. The van der Waals surface area contributed by atoms with Crippen molar-refractivity contribution < 1.29 is 0 Å². The molecule has 0 radical (unpaired) electrons. The van der Waals surface area contributed by atoms with Crippen molar-refractivity contribution in [2.45, 2.75) is 16.9 Å². The first-order valence-corrected chi connectivity index (χ1v) is 17.4. The van der Waals surface area contributed by atoms with Gasteiger partial charge in [0.2, 0.25) is 5.66 Å². The lowest BCUT2D eigenvalue weighted by Gasteiger charge is -2.45. The molecule has 0 spiro atoms. The van der Waals surface area contributed by atoms with E-state index in [2.05, 4.69) is 165 Å². The summed E-state index contributed by atoms with van der Waals surface area (Å²) in [7, 11) is 0. The van der Waals surface area contributed by atoms with E-state index in [1.54, 1.807) is 0 Å². The number of aliphatic imine (C=N–C) groups is 3. The Morgan fingerprint density at radius 1 is 0.458 bits per heavy atom. The molecule has 2 heterocycles. The largest absolute Gasteiger partial charge is 0.267 e. The van der Waals surface area contributed by atoms with Gasteiger partial charge in [0.05, 0.1) is 17.6 Å². The van der Waals surface area contributed by atoms with Crippen LogP contribution in [-0.2, 0) is 16.9 Å². The topological polar surface area (TPSA) is 49.1 Å². The molecule has 6 aromatic carbocycles. The van der Waals surface area contributed by atoms with Gasteiger partial charge in [-0.1, -0.05) is 190 Å². The van der Waals surface area contributed by atoms with Crippen LogP contribution in [0.1, 0.15) is 33.4 Å². The quantitative estimate of drug-likeness (QED) is 0.174. The van der Waals surface area contributed by atoms with E-state index in [0.717, 1.165) is 53.7 Å². The second-order valence-corrected chi connectivity index (χ2v) is 13.6. The van der Waals surface area contributed by atoms with Gasteiger partial charge in [-0.25, -0.2) is 4.99 Å². The molecular weight excluding hydrogens is 720 g/mol. The van der Waals surface area contributed by atoms with Gasteiger partial charge < -0.3 is 0 Å². The molecular formula is C42H30Br2N4. The van der Waals surface area contributed by atoms with Crippen LogP contribution in [-0.4, -0.2) is 17.6 Å². The Morgan fingerprint density at radius 3 is 1.46 bits per heavy atom. The Kier molecular flexibility index (Phi) is 7.88. The van der Waals surface area contributed by atoms with Crippen LogP contribution in [0.5, 0.6) is 0 Å². The van der Waals surface area contributed by atoms with Gasteiger partial charge in [0.25, 0.3) is 0 Å². The zero-order valence-electron chi connectivity index (χ0n) is 25.8. The van der Waals surface area contributed by atoms with E-state index < -0.39 is 16.9 Å². The van der Waals surface area contributed by atoms with E-state index in [-0.39, 0.29) is 0 Å². The highest BCUT2D eigenvalue weighted by Gasteiger charge is 2.65. The SMILES string of the molecule is Brc1ccccc1C1(C2(c3ccccc3Br)N=C(c3ccccc3)C(c3ccccc3)(c3ccccc3)N2)N=CC(c2ccccc2)=N1. The van der Waals surface area contributed by atoms with Gasteiger partial charge in [0.15, 0.2) is 5.66 Å². The van der Waals surface area contributed by atoms with Gasteiger partial charge in [0.1, 0.15) is 5.54 Å². The van der Waals surface area contributed by atoms with Gasteiger partial charge in [0, 0.05) is 25.6 Å². The van der Waals surface area contributed by atoms with Crippen molar-refractivity contribution in [3.05, 3.63) is 212 Å². The summed E-state index contributed by atoms with van der Waals surface area (Å²) in [5.41, 5.74) is 4.16. The van der Waals surface area contributed by atoms with E-state index in [9.17, 15) is 0 Å². The van der Waals surface area contributed by atoms with Gasteiger partial charge >= 0.3 is 0 Å². The highest BCUT2D eigenvalue weighted by atomic mass is 79.9. The summed E-state index contributed by atoms with van der Waals surface area (Å²) in [5, 5.41) is 4.26. The monoisotopic (exact) mass is 748 g/mol. The maximum absolute atomic E-state index is 5.96. The van der Waals surface area contributed by atoms with E-state index >= 15 is 0 Å². The first-order valence-electron chi connectivity index (χ1n) is 15.8. The molecule has 8 rings (SSSR count). The molecule has 6 heteroatoms. The smallest absolute Gasteiger partial charge is 0.219 e. The molecule has 2 aliphatic rings. The van der Waals surface area contributed by atoms with E-state index in [1.807, 2.05) is 48.7 Å². The van der Waals surface area contributed by atoms with Crippen LogP contribution in [0.15, 0.2) is 194 Å². The zero-order chi connectivity index (χ0) is 32.6. The molecule has 0 aromatic heterocycles. The second kappa shape index (κ2) is 12.4. The van der Waals surface area contributed by atoms with Gasteiger partial charge in [-0.3, -0.25) is 15.3 Å². The number of halogens is 2. The minimum Gasteiger partial charge on any atom is -0.267 e. The normalized spacial score (nSPS) is 21.1. The van der Waals surface area contributed by atoms with Crippen LogP contribution in [0, 0.1) is 0 Å². The number of rotatable bonds is 7. The van der Waals surface area contributed by atoms with E-state index in [4.69, 9.17) is 15.0 Å². The Labute approximate surface area is 297 Å². The summed E-state index contributed by atoms with van der Waals surface area (Å²) in [6.45, 7) is 0. The van der Waals surface area contributed by atoms with Gasteiger partial charge in [-0.2, -0.15) is 0 Å². The van der Waals surface area contributed by atoms with Crippen LogP contribution < -0.4 is 5.32 Å². The average Bonchev–Trinajstić information content (AvgIpc) is 3.77. The molecule has 2 atom stereocenters. The van der Waals surface area contributed by atoms with Crippen LogP contribution >= 0.6 is 31.9 Å². The van der Waals surface area contributed by atoms with Crippen LogP contribution in [0.4, 0.5) is 0 Å². The Hall–Kier alpha value is -4.75. The lowest BCUT2D eigenvalue weighted by Crippen LogP contribution is -2.59. The molecule has 1 N–H and O–H groups in total. The summed E-state index contributed by atoms with van der Waals surface area (Å²) in [6.07, 6.45) is 1.90. The van der Waals surface area contributed by atoms with Crippen LogP contribution in [0.3, 0.4) is 0 Å². The van der Waals surface area contributed by atoms with Crippen molar-refractivity contribution in [2.75, 3.05) is 0 Å². The number of nitrogens with zero attached hydrogens (tertiary/aromatic N) is 3. The number of benzene rings is 6. The molecule has 2 aliphatic heterocycles. The molecule has 4 nitrogen and oxygen atoms in total. The summed E-state index contributed by atoms with van der Waals surface area (Å²) in [6, 6.07) is 58.3. The fourth-order valence-electron chi connectivity index (χ4n) is 7.06. The maximum atomic E-state index is 5.96. The Bertz CT molecular complexity index is 2140. The molecule has 0 amide bonds. The third-order valence-corrected chi connectivity index (χ3v) is 10.6. The molecule has 0 aliphatic carbocycles. The summed E-state index contributed by atoms with van der Waals surface area (Å²) >= 11 is 7.90. The molecule has 2 unspecified atom stereocenters. The third-order valence-electron chi connectivity index (χ3n) is 9.21. The second-order valence-electron chi connectivity index (χ2n) is 11.9. The van der Waals surface area contributed by atoms with Gasteiger partial charge in [-0.05, 0) is 28.8 Å². The van der Waals surface area contributed by atoms with Crippen molar-refractivity contribution in [1.82, 2.24) is 5.32 Å². The minimum atomic E-state index is -1.27. The predicted octanol–water partition coefficient (Wildman–Crippen LogP) is 9.83. The van der Waals surface area contributed by atoms with Crippen LogP contribution in [0.25, 0.3) is 0 Å². The lowest BCUT2D eigenvalue weighted by atomic mass is 9.75. The highest BCUT2D eigenvalue weighted by molar-refractivity contribution is 9.10. The number of nitrogens with one attached hydrogen (secondary N) is 1. The maximum Gasteiger partial charge on any atom is 0.219 e. The van der Waals surface area contributed by atoms with Crippen LogP contribution in [0.2, 0.25) is 0 Å². The molecule has 0 bridgehead atoms. The lowest BCUT2D eigenvalue weighted by molar-refractivity contribution is 0.179. The molecule has 48 heavy (non-hydrogen) atoms. The zero-order valence-corrected chi connectivity index (χ0v) is 29.0. The highest BCUT2D eigenvalue weighted by Crippen LogP contribution is 2.57. The van der Waals surface area contributed by atoms with E-state index in [0.29, 0.717) is 0 Å². The van der Waals surface area contributed by atoms with E-state index in [1.165, 1.54) is 0 Å². The fraction of sp³-hybridized carbons (Fsp3) is 0.0714. The Morgan fingerprint density at radius 2 is 0.917 bits per heavy atom. The average molecular weight is 751 g/mol. The minimum absolute atomic E-state index is 0.785. The first kappa shape index (κ1) is 30.6. The summed E-state index contributed by atoms with van der Waals surface area (Å²) in [4.78, 5) is 17.1. The van der Waals surface area contributed by atoms with Crippen molar-refractivity contribution in [2.24, 2.45) is 15.0 Å². The van der Waals surface area contributed by atoms with Crippen molar-refractivity contribution >= 4 is 49.5 Å². The standard InChI is InChI=1S/C42H30Br2N4/c43-36-27-15-13-25-34(36)41(45-29-38(46-41)30-17-5-1-6-18-30)42(35-26-14-16-28-37(35)44)47-39(31-19-7-2-8-20-31)40(48-42,32-21-9-3-10-22-32)33-23-11-4-12-24-33/h1-29,48H. The third kappa shape index (κ3) is 4.78. The molecule has 0 saturated heterocycles. The molecule has 6 aromatic rings. The molecule has 232 valence electrons. The van der Waals surface area contributed by atoms with Gasteiger partial charge in [-0.15, -0.1) is 0 Å².